The number of rotatable bonds is 3. The average molecular weight is 268 g/mol. The molecule has 1 N–H and O–H groups in total. The smallest absolute Gasteiger partial charge is 0.0655 e. The zero-order valence-corrected chi connectivity index (χ0v) is 12.2. The fourth-order valence-electron chi connectivity index (χ4n) is 3.59. The van der Waals surface area contributed by atoms with E-state index < -0.39 is 0 Å². The molecule has 2 aliphatic rings. The van der Waals surface area contributed by atoms with E-state index in [-0.39, 0.29) is 0 Å². The molecule has 1 saturated carbocycles. The first-order chi connectivity index (χ1) is 9.85. The molecule has 1 fully saturated rings. The van der Waals surface area contributed by atoms with Crippen LogP contribution in [-0.4, -0.2) is 6.04 Å². The van der Waals surface area contributed by atoms with E-state index in [1.807, 2.05) is 0 Å². The van der Waals surface area contributed by atoms with E-state index in [0.29, 0.717) is 12.0 Å². The molecule has 0 saturated heterocycles. The second-order valence-electron chi connectivity index (χ2n) is 6.37. The fourth-order valence-corrected chi connectivity index (χ4v) is 3.59. The summed E-state index contributed by atoms with van der Waals surface area (Å²) in [7, 11) is 0. The van der Waals surface area contributed by atoms with Crippen molar-refractivity contribution in [2.75, 3.05) is 0 Å². The molecule has 0 amide bonds. The third-order valence-electron chi connectivity index (χ3n) is 4.92. The Kier molecular flexibility index (Phi) is 4.38. The normalized spacial score (nSPS) is 25.8. The topological polar surface area (TPSA) is 35.8 Å². The van der Waals surface area contributed by atoms with Gasteiger partial charge in [-0.05, 0) is 68.1 Å². The summed E-state index contributed by atoms with van der Waals surface area (Å²) in [6, 6.07) is 10.0. The highest BCUT2D eigenvalue weighted by Gasteiger charge is 2.20. The van der Waals surface area contributed by atoms with Gasteiger partial charge in [0.15, 0.2) is 0 Å². The number of fused-ring (bicyclic) bond motifs is 1. The summed E-state index contributed by atoms with van der Waals surface area (Å²) in [6.07, 6.45) is 9.68. The van der Waals surface area contributed by atoms with Crippen molar-refractivity contribution in [3.63, 3.8) is 0 Å². The molecule has 106 valence electrons. The van der Waals surface area contributed by atoms with E-state index >= 15 is 0 Å². The monoisotopic (exact) mass is 268 g/mol. The average Bonchev–Trinajstić information content (AvgIpc) is 2.53. The van der Waals surface area contributed by atoms with Crippen molar-refractivity contribution in [2.24, 2.45) is 5.92 Å². The molecule has 0 aliphatic heterocycles. The van der Waals surface area contributed by atoms with Crippen LogP contribution in [0.25, 0.3) is 0 Å². The van der Waals surface area contributed by atoms with E-state index in [0.717, 1.165) is 32.2 Å². The molecule has 0 unspecified atom stereocenters. The maximum absolute atomic E-state index is 8.93. The van der Waals surface area contributed by atoms with Crippen LogP contribution in [0.1, 0.15) is 55.2 Å². The molecular weight excluding hydrogens is 244 g/mol. The molecule has 1 aromatic carbocycles. The molecule has 2 nitrogen and oxygen atoms in total. The number of nitriles is 1. The minimum absolute atomic E-state index is 0.303. The van der Waals surface area contributed by atoms with Crippen molar-refractivity contribution in [3.8, 4) is 6.07 Å². The second-order valence-corrected chi connectivity index (χ2v) is 6.37. The quantitative estimate of drug-likeness (QED) is 0.906. The van der Waals surface area contributed by atoms with Gasteiger partial charge >= 0.3 is 0 Å². The minimum atomic E-state index is 0.303. The number of hydrogen-bond donors (Lipinski definition) is 1. The van der Waals surface area contributed by atoms with Crippen molar-refractivity contribution in [1.29, 1.82) is 5.26 Å². The summed E-state index contributed by atoms with van der Waals surface area (Å²) in [4.78, 5) is 0. The van der Waals surface area contributed by atoms with Gasteiger partial charge in [-0.3, -0.25) is 0 Å². The summed E-state index contributed by atoms with van der Waals surface area (Å²) in [5.74, 6) is 0.303. The molecule has 0 bridgehead atoms. The SMILES string of the molecule is N#CC1CCC(NCc2ccc3c(c2)CCCC3)CC1. The minimum Gasteiger partial charge on any atom is -0.310 e. The lowest BCUT2D eigenvalue weighted by Crippen LogP contribution is -2.32. The van der Waals surface area contributed by atoms with Gasteiger partial charge in [-0.25, -0.2) is 0 Å². The zero-order valence-electron chi connectivity index (χ0n) is 12.2. The predicted octanol–water partition coefficient (Wildman–Crippen LogP) is 3.74. The zero-order chi connectivity index (χ0) is 13.8. The third-order valence-corrected chi connectivity index (χ3v) is 4.92. The third kappa shape index (κ3) is 3.22. The molecule has 0 atom stereocenters. The highest BCUT2D eigenvalue weighted by atomic mass is 14.9. The second kappa shape index (κ2) is 6.41. The predicted molar refractivity (Wildman–Crippen MR) is 81.3 cm³/mol. The lowest BCUT2D eigenvalue weighted by Gasteiger charge is -2.26. The number of nitrogens with one attached hydrogen (secondary N) is 1. The highest BCUT2D eigenvalue weighted by molar-refractivity contribution is 5.33. The van der Waals surface area contributed by atoms with E-state index in [1.54, 1.807) is 11.1 Å². The Labute approximate surface area is 122 Å². The van der Waals surface area contributed by atoms with Crippen molar-refractivity contribution in [3.05, 3.63) is 34.9 Å². The number of aryl methyl sites for hydroxylation is 2. The molecule has 0 radical (unpaired) electrons. The van der Waals surface area contributed by atoms with Crippen LogP contribution in [0.3, 0.4) is 0 Å². The molecule has 2 heteroatoms. The first-order valence-corrected chi connectivity index (χ1v) is 8.09. The number of hydrogen-bond acceptors (Lipinski definition) is 2. The van der Waals surface area contributed by atoms with Crippen LogP contribution in [0, 0.1) is 17.2 Å². The Hall–Kier alpha value is -1.33. The Morgan fingerprint density at radius 1 is 1.05 bits per heavy atom. The van der Waals surface area contributed by atoms with Gasteiger partial charge in [0.2, 0.25) is 0 Å². The van der Waals surface area contributed by atoms with Crippen molar-refractivity contribution in [1.82, 2.24) is 5.32 Å². The van der Waals surface area contributed by atoms with Gasteiger partial charge < -0.3 is 5.32 Å². The molecule has 3 rings (SSSR count). The van der Waals surface area contributed by atoms with Crippen molar-refractivity contribution >= 4 is 0 Å². The molecule has 1 aromatic rings. The van der Waals surface area contributed by atoms with E-state index in [1.165, 1.54) is 31.2 Å². The molecule has 20 heavy (non-hydrogen) atoms. The van der Waals surface area contributed by atoms with Crippen LogP contribution in [0.4, 0.5) is 0 Å². The maximum atomic E-state index is 8.93. The van der Waals surface area contributed by atoms with Crippen LogP contribution in [-0.2, 0) is 19.4 Å². The van der Waals surface area contributed by atoms with E-state index in [4.69, 9.17) is 5.26 Å². The van der Waals surface area contributed by atoms with E-state index in [9.17, 15) is 0 Å². The first-order valence-electron chi connectivity index (χ1n) is 8.09. The molecular formula is C18H24N2. The van der Waals surface area contributed by atoms with Gasteiger partial charge in [0.05, 0.1) is 6.07 Å². The van der Waals surface area contributed by atoms with Gasteiger partial charge in [-0.1, -0.05) is 18.2 Å². The van der Waals surface area contributed by atoms with Crippen LogP contribution in [0.15, 0.2) is 18.2 Å². The highest BCUT2D eigenvalue weighted by Crippen LogP contribution is 2.25. The Morgan fingerprint density at radius 3 is 2.55 bits per heavy atom. The summed E-state index contributed by atoms with van der Waals surface area (Å²) in [6.45, 7) is 0.981. The number of benzene rings is 1. The lowest BCUT2D eigenvalue weighted by atomic mass is 9.87. The van der Waals surface area contributed by atoms with Crippen LogP contribution in [0.5, 0.6) is 0 Å². The van der Waals surface area contributed by atoms with Gasteiger partial charge in [-0.2, -0.15) is 5.26 Å². The summed E-state index contributed by atoms with van der Waals surface area (Å²) >= 11 is 0. The van der Waals surface area contributed by atoms with E-state index in [2.05, 4.69) is 29.6 Å². The molecule has 0 heterocycles. The summed E-state index contributed by atoms with van der Waals surface area (Å²) < 4.78 is 0. The Morgan fingerprint density at radius 2 is 1.80 bits per heavy atom. The van der Waals surface area contributed by atoms with Crippen LogP contribution < -0.4 is 5.32 Å². The van der Waals surface area contributed by atoms with Crippen molar-refractivity contribution in [2.45, 2.75) is 64.0 Å². The Balaban J connectivity index is 1.53. The maximum Gasteiger partial charge on any atom is 0.0655 e. The van der Waals surface area contributed by atoms with Crippen LogP contribution >= 0.6 is 0 Å². The van der Waals surface area contributed by atoms with Crippen LogP contribution in [0.2, 0.25) is 0 Å². The largest absolute Gasteiger partial charge is 0.310 e. The Bertz CT molecular complexity index is 493. The lowest BCUT2D eigenvalue weighted by molar-refractivity contribution is 0.331. The summed E-state index contributed by atoms with van der Waals surface area (Å²) in [5.41, 5.74) is 4.56. The first kappa shape index (κ1) is 13.6. The summed E-state index contributed by atoms with van der Waals surface area (Å²) in [5, 5.41) is 12.6. The standard InChI is InChI=1S/C18H24N2/c19-12-14-6-9-18(10-7-14)20-13-15-5-8-16-3-1-2-4-17(16)11-15/h5,8,11,14,18,20H,1-4,6-7,9-10,13H2. The van der Waals surface area contributed by atoms with Gasteiger partial charge in [0, 0.05) is 18.5 Å². The van der Waals surface area contributed by atoms with Crippen molar-refractivity contribution < 1.29 is 0 Å². The van der Waals surface area contributed by atoms with Gasteiger partial charge in [0.1, 0.15) is 0 Å². The molecule has 0 aromatic heterocycles. The molecule has 2 aliphatic carbocycles. The van der Waals surface area contributed by atoms with Gasteiger partial charge in [-0.15, -0.1) is 0 Å². The molecule has 0 spiro atoms. The number of nitrogens with zero attached hydrogens (tertiary/aromatic N) is 1. The fraction of sp³-hybridized carbons (Fsp3) is 0.611. The van der Waals surface area contributed by atoms with Gasteiger partial charge in [0.25, 0.3) is 0 Å².